The summed E-state index contributed by atoms with van der Waals surface area (Å²) in [4.78, 5) is 30.2. The van der Waals surface area contributed by atoms with E-state index >= 15 is 0 Å². The number of rotatable bonds is 6. The molecule has 1 aliphatic rings. The third kappa shape index (κ3) is 4.05. The van der Waals surface area contributed by atoms with Crippen LogP contribution in [0.1, 0.15) is 22.1 Å². The molecule has 3 aromatic heterocycles. The molecule has 1 saturated carbocycles. The van der Waals surface area contributed by atoms with Crippen molar-refractivity contribution in [2.24, 2.45) is 0 Å². The van der Waals surface area contributed by atoms with Crippen LogP contribution in [0.25, 0.3) is 22.4 Å². The van der Waals surface area contributed by atoms with E-state index in [0.717, 1.165) is 0 Å². The maximum absolute atomic E-state index is 12.8. The molecule has 8 nitrogen and oxygen atoms in total. The normalized spacial score (nSPS) is 15.1. The van der Waals surface area contributed by atoms with Crippen molar-refractivity contribution >= 4 is 34.4 Å². The lowest BCUT2D eigenvalue weighted by Gasteiger charge is -2.48. The number of amides is 1. The fraction of sp³-hybridized carbons (Fsp3) is 0.350. The summed E-state index contributed by atoms with van der Waals surface area (Å²) in [6, 6.07) is 5.22. The minimum absolute atomic E-state index is 0. The third-order valence-electron chi connectivity index (χ3n) is 5.45. The van der Waals surface area contributed by atoms with Crippen LogP contribution in [0.5, 0.6) is 0 Å². The van der Waals surface area contributed by atoms with Crippen molar-refractivity contribution in [1.82, 2.24) is 25.3 Å². The molecule has 1 amide bonds. The van der Waals surface area contributed by atoms with E-state index in [4.69, 9.17) is 11.6 Å². The number of carbonyl (C=O) groups excluding carboxylic acids is 1. The Morgan fingerprint density at radius 1 is 1.41 bits per heavy atom. The summed E-state index contributed by atoms with van der Waals surface area (Å²) in [6.45, 7) is -1.66. The second kappa shape index (κ2) is 8.27. The molecular formula is C20H21ClF3N7O. The van der Waals surface area contributed by atoms with Gasteiger partial charge in [-0.05, 0) is 31.4 Å². The van der Waals surface area contributed by atoms with Gasteiger partial charge in [-0.3, -0.25) is 4.79 Å². The standard InChI is InChI=1S/C20H17ClF3N7O.2H2/c21-12-8-13-14(10-28-16(13)27-9-12)17-26-6-2-15(30-17)31(7-5-25)19(3-1-4-19)18(32)29-11-20(22,23)24;;/h2,6,8-10H,1,3-4,7,11H2,(H,27,28)(H,29,32);2*1H. The molecule has 0 radical (unpaired) electrons. The number of fused-ring (bicyclic) bond motifs is 1. The van der Waals surface area contributed by atoms with Gasteiger partial charge in [0.1, 0.15) is 30.1 Å². The number of anilines is 1. The molecule has 0 spiro atoms. The number of pyridine rings is 1. The molecule has 12 heteroatoms. The summed E-state index contributed by atoms with van der Waals surface area (Å²) < 4.78 is 37.9. The van der Waals surface area contributed by atoms with Gasteiger partial charge in [-0.2, -0.15) is 18.4 Å². The van der Waals surface area contributed by atoms with Gasteiger partial charge < -0.3 is 15.2 Å². The zero-order valence-corrected chi connectivity index (χ0v) is 17.3. The number of nitrogens with one attached hydrogen (secondary N) is 2. The molecule has 1 fully saturated rings. The zero-order chi connectivity index (χ0) is 22.9. The Labute approximate surface area is 188 Å². The SMILES string of the molecule is N#CCN(c1ccnc(-c2c[nH]c3ncc(Cl)cc23)n1)C1(C(=O)NCC(F)(F)F)CCC1.[HH].[HH]. The van der Waals surface area contributed by atoms with Crippen molar-refractivity contribution in [2.75, 3.05) is 18.0 Å². The zero-order valence-electron chi connectivity index (χ0n) is 16.6. The predicted octanol–water partition coefficient (Wildman–Crippen LogP) is 4.10. The molecule has 0 saturated heterocycles. The second-order valence-electron chi connectivity index (χ2n) is 7.42. The molecular weight excluding hydrogens is 447 g/mol. The first-order chi connectivity index (χ1) is 15.2. The molecule has 0 bridgehead atoms. The lowest BCUT2D eigenvalue weighted by Crippen LogP contribution is -2.64. The molecule has 32 heavy (non-hydrogen) atoms. The highest BCUT2D eigenvalue weighted by molar-refractivity contribution is 6.31. The van der Waals surface area contributed by atoms with Gasteiger partial charge in [0.15, 0.2) is 5.82 Å². The van der Waals surface area contributed by atoms with Crippen molar-refractivity contribution in [1.29, 1.82) is 5.26 Å². The Bertz CT molecular complexity index is 1210. The van der Waals surface area contributed by atoms with E-state index in [0.29, 0.717) is 46.7 Å². The van der Waals surface area contributed by atoms with E-state index < -0.39 is 24.2 Å². The quantitative estimate of drug-likeness (QED) is 0.528. The van der Waals surface area contributed by atoms with Crippen LogP contribution in [-0.2, 0) is 4.79 Å². The Balaban J connectivity index is 0.00000204. The molecule has 0 aromatic carbocycles. The van der Waals surface area contributed by atoms with Crippen LogP contribution in [0.15, 0.2) is 30.7 Å². The summed E-state index contributed by atoms with van der Waals surface area (Å²) >= 11 is 6.05. The first kappa shape index (κ1) is 21.8. The van der Waals surface area contributed by atoms with E-state index in [1.165, 1.54) is 23.4 Å². The molecule has 3 heterocycles. The molecule has 170 valence electrons. The van der Waals surface area contributed by atoms with Crippen LogP contribution >= 0.6 is 11.6 Å². The number of aromatic amines is 1. The van der Waals surface area contributed by atoms with Crippen molar-refractivity contribution in [3.8, 4) is 17.5 Å². The summed E-state index contributed by atoms with van der Waals surface area (Å²) in [5.41, 5.74) is -0.0928. The van der Waals surface area contributed by atoms with Crippen molar-refractivity contribution in [3.05, 3.63) is 35.7 Å². The average Bonchev–Trinajstić information content (AvgIpc) is 3.13. The number of hydrogen-bond donors (Lipinski definition) is 2. The number of nitriles is 1. The van der Waals surface area contributed by atoms with Crippen LogP contribution in [0.3, 0.4) is 0 Å². The Kier molecular flexibility index (Phi) is 5.64. The van der Waals surface area contributed by atoms with Gasteiger partial charge in [0.25, 0.3) is 0 Å². The average molecular weight is 468 g/mol. The lowest BCUT2D eigenvalue weighted by molar-refractivity contribution is -0.143. The Morgan fingerprint density at radius 3 is 2.84 bits per heavy atom. The van der Waals surface area contributed by atoms with Crippen molar-refractivity contribution < 1.29 is 20.8 Å². The maximum Gasteiger partial charge on any atom is 0.405 e. The molecule has 4 rings (SSSR count). The summed E-state index contributed by atoms with van der Waals surface area (Å²) in [6.07, 6.45) is 1.36. The van der Waals surface area contributed by atoms with Crippen molar-refractivity contribution in [2.45, 2.75) is 31.0 Å². The molecule has 2 N–H and O–H groups in total. The van der Waals surface area contributed by atoms with Gasteiger partial charge >= 0.3 is 6.18 Å². The topological polar surface area (TPSA) is 111 Å². The summed E-state index contributed by atoms with van der Waals surface area (Å²) in [7, 11) is 0. The number of halogens is 4. The van der Waals surface area contributed by atoms with Crippen LogP contribution in [0, 0.1) is 11.3 Å². The highest BCUT2D eigenvalue weighted by Gasteiger charge is 2.50. The van der Waals surface area contributed by atoms with Gasteiger partial charge in [-0.25, -0.2) is 15.0 Å². The highest BCUT2D eigenvalue weighted by atomic mass is 35.5. The summed E-state index contributed by atoms with van der Waals surface area (Å²) in [5, 5.41) is 12.4. The highest BCUT2D eigenvalue weighted by Crippen LogP contribution is 2.40. The first-order valence-corrected chi connectivity index (χ1v) is 10.1. The summed E-state index contributed by atoms with van der Waals surface area (Å²) in [5.74, 6) is -0.215. The molecule has 0 atom stereocenters. The number of carbonyl (C=O) groups is 1. The fourth-order valence-corrected chi connectivity index (χ4v) is 3.95. The minimum atomic E-state index is -4.53. The van der Waals surface area contributed by atoms with E-state index in [1.54, 1.807) is 12.3 Å². The molecule has 3 aromatic rings. The van der Waals surface area contributed by atoms with E-state index in [2.05, 4.69) is 19.9 Å². The van der Waals surface area contributed by atoms with Gasteiger partial charge in [-0.1, -0.05) is 11.6 Å². The van der Waals surface area contributed by atoms with Crippen LogP contribution in [0.4, 0.5) is 19.0 Å². The second-order valence-corrected chi connectivity index (χ2v) is 7.85. The third-order valence-corrected chi connectivity index (χ3v) is 5.66. The van der Waals surface area contributed by atoms with Gasteiger partial charge in [-0.15, -0.1) is 0 Å². The molecule has 0 unspecified atom stereocenters. The minimum Gasteiger partial charge on any atom is -0.345 e. The molecule has 1 aliphatic carbocycles. The van der Waals surface area contributed by atoms with E-state index in [1.807, 2.05) is 11.4 Å². The molecule has 0 aliphatic heterocycles. The Hall–Kier alpha value is -3.39. The van der Waals surface area contributed by atoms with Crippen LogP contribution in [-0.4, -0.2) is 50.6 Å². The predicted molar refractivity (Wildman–Crippen MR) is 115 cm³/mol. The largest absolute Gasteiger partial charge is 0.405 e. The number of H-pyrrole nitrogens is 1. The number of nitrogens with zero attached hydrogens (tertiary/aromatic N) is 5. The van der Waals surface area contributed by atoms with E-state index in [9.17, 15) is 23.2 Å². The number of hydrogen-bond acceptors (Lipinski definition) is 6. The lowest BCUT2D eigenvalue weighted by atomic mass is 9.74. The smallest absolute Gasteiger partial charge is 0.345 e. The van der Waals surface area contributed by atoms with Crippen LogP contribution in [0.2, 0.25) is 5.02 Å². The number of alkyl halides is 3. The number of aromatic nitrogens is 4. The fourth-order valence-electron chi connectivity index (χ4n) is 3.79. The van der Waals surface area contributed by atoms with Gasteiger partial charge in [0.05, 0.1) is 11.1 Å². The van der Waals surface area contributed by atoms with Crippen molar-refractivity contribution in [3.63, 3.8) is 0 Å². The first-order valence-electron chi connectivity index (χ1n) is 9.69. The van der Waals surface area contributed by atoms with Gasteiger partial charge in [0.2, 0.25) is 5.91 Å². The van der Waals surface area contributed by atoms with Gasteiger partial charge in [0, 0.05) is 32.4 Å². The monoisotopic (exact) mass is 467 g/mol. The van der Waals surface area contributed by atoms with Crippen LogP contribution < -0.4 is 10.2 Å². The Morgan fingerprint density at radius 2 is 2.19 bits per heavy atom. The maximum atomic E-state index is 12.8. The van der Waals surface area contributed by atoms with E-state index in [-0.39, 0.29) is 15.2 Å².